The summed E-state index contributed by atoms with van der Waals surface area (Å²) < 4.78 is 13.4. The molecular formula is C21H21ClFN. The van der Waals surface area contributed by atoms with Crippen molar-refractivity contribution in [1.29, 1.82) is 0 Å². The second kappa shape index (κ2) is 6.70. The molecule has 2 aliphatic rings. The van der Waals surface area contributed by atoms with Crippen LogP contribution in [-0.2, 0) is 6.54 Å². The normalized spacial score (nSPS) is 23.8. The lowest BCUT2D eigenvalue weighted by Crippen LogP contribution is -2.47. The molecule has 2 unspecified atom stereocenters. The van der Waals surface area contributed by atoms with Gasteiger partial charge in [0.1, 0.15) is 5.82 Å². The summed E-state index contributed by atoms with van der Waals surface area (Å²) in [5, 5.41) is 0.213. The molecule has 2 aromatic carbocycles. The molecule has 2 aliphatic heterocycles. The quantitative estimate of drug-likeness (QED) is 0.693. The Bertz CT molecular complexity index is 756. The first-order chi connectivity index (χ1) is 11.7. The van der Waals surface area contributed by atoms with Crippen molar-refractivity contribution in [3.05, 3.63) is 76.6 Å². The molecule has 0 aliphatic carbocycles. The summed E-state index contributed by atoms with van der Waals surface area (Å²) in [6.07, 6.45) is 7.11. The summed E-state index contributed by atoms with van der Waals surface area (Å²) in [5.41, 5.74) is 3.75. The van der Waals surface area contributed by atoms with Gasteiger partial charge < -0.3 is 0 Å². The average molecular weight is 342 g/mol. The summed E-state index contributed by atoms with van der Waals surface area (Å²) in [6, 6.07) is 16.8. The van der Waals surface area contributed by atoms with Crippen LogP contribution in [0.3, 0.4) is 0 Å². The summed E-state index contributed by atoms with van der Waals surface area (Å²) in [7, 11) is 0. The van der Waals surface area contributed by atoms with Gasteiger partial charge in [0.05, 0.1) is 5.02 Å². The topological polar surface area (TPSA) is 3.24 Å². The predicted octanol–water partition coefficient (Wildman–Crippen LogP) is 5.69. The molecule has 0 saturated carbocycles. The summed E-state index contributed by atoms with van der Waals surface area (Å²) in [4.78, 5) is 2.63. The van der Waals surface area contributed by atoms with Gasteiger partial charge in [-0.2, -0.15) is 0 Å². The molecule has 1 fully saturated rings. The number of hydrogen-bond acceptors (Lipinski definition) is 1. The highest BCUT2D eigenvalue weighted by molar-refractivity contribution is 6.30. The largest absolute Gasteiger partial charge is 0.289 e. The van der Waals surface area contributed by atoms with E-state index >= 15 is 0 Å². The van der Waals surface area contributed by atoms with Crippen molar-refractivity contribution >= 4 is 17.2 Å². The van der Waals surface area contributed by atoms with Crippen molar-refractivity contribution in [3.8, 4) is 0 Å². The zero-order chi connectivity index (χ0) is 16.5. The minimum absolute atomic E-state index is 0.213. The number of fused-ring (bicyclic) bond motifs is 2. The van der Waals surface area contributed by atoms with Crippen molar-refractivity contribution in [2.45, 2.75) is 44.3 Å². The van der Waals surface area contributed by atoms with Gasteiger partial charge in [0.15, 0.2) is 0 Å². The molecule has 2 heterocycles. The van der Waals surface area contributed by atoms with Crippen molar-refractivity contribution in [3.63, 3.8) is 0 Å². The van der Waals surface area contributed by atoms with Crippen LogP contribution in [0.1, 0.15) is 36.8 Å². The first-order valence-corrected chi connectivity index (χ1v) is 9.04. The Morgan fingerprint density at radius 3 is 2.67 bits per heavy atom. The van der Waals surface area contributed by atoms with Crippen molar-refractivity contribution < 1.29 is 4.39 Å². The fourth-order valence-corrected chi connectivity index (χ4v) is 4.25. The molecule has 4 rings (SSSR count). The van der Waals surface area contributed by atoms with E-state index in [4.69, 9.17) is 11.6 Å². The maximum atomic E-state index is 13.4. The third kappa shape index (κ3) is 3.13. The van der Waals surface area contributed by atoms with Gasteiger partial charge in [0, 0.05) is 18.6 Å². The zero-order valence-corrected chi connectivity index (χ0v) is 14.3. The van der Waals surface area contributed by atoms with E-state index in [1.165, 1.54) is 36.5 Å². The molecule has 24 heavy (non-hydrogen) atoms. The van der Waals surface area contributed by atoms with E-state index in [0.29, 0.717) is 12.1 Å². The van der Waals surface area contributed by atoms with E-state index in [0.717, 1.165) is 18.5 Å². The Hall–Kier alpha value is -1.64. The predicted molar refractivity (Wildman–Crippen MR) is 97.4 cm³/mol. The first kappa shape index (κ1) is 15.9. The molecular weight excluding hydrogens is 321 g/mol. The highest BCUT2D eigenvalue weighted by Crippen LogP contribution is 2.38. The molecule has 1 nitrogen and oxygen atoms in total. The SMILES string of the molecule is Fc1ccc(C2=CC3CCCC(C2)N3Cc2ccccc2)cc1Cl. The molecule has 0 spiro atoms. The molecule has 2 atom stereocenters. The van der Waals surface area contributed by atoms with Gasteiger partial charge in [0.2, 0.25) is 0 Å². The summed E-state index contributed by atoms with van der Waals surface area (Å²) in [5.74, 6) is -0.345. The molecule has 2 aromatic rings. The number of rotatable bonds is 3. The number of nitrogens with zero attached hydrogens (tertiary/aromatic N) is 1. The number of benzene rings is 2. The van der Waals surface area contributed by atoms with Crippen LogP contribution in [-0.4, -0.2) is 17.0 Å². The maximum absolute atomic E-state index is 13.4. The van der Waals surface area contributed by atoms with Crippen LogP contribution >= 0.6 is 11.6 Å². The van der Waals surface area contributed by atoms with E-state index < -0.39 is 0 Å². The van der Waals surface area contributed by atoms with Gasteiger partial charge in [-0.3, -0.25) is 4.90 Å². The summed E-state index contributed by atoms with van der Waals surface area (Å²) >= 11 is 5.98. The Labute approximate surface area is 147 Å². The average Bonchev–Trinajstić information content (AvgIpc) is 2.58. The zero-order valence-electron chi connectivity index (χ0n) is 13.6. The van der Waals surface area contributed by atoms with Crippen molar-refractivity contribution in [2.75, 3.05) is 0 Å². The molecule has 3 heteroatoms. The highest BCUT2D eigenvalue weighted by Gasteiger charge is 2.34. The van der Waals surface area contributed by atoms with Gasteiger partial charge >= 0.3 is 0 Å². The molecule has 0 amide bonds. The number of hydrogen-bond donors (Lipinski definition) is 0. The van der Waals surface area contributed by atoms with E-state index in [1.54, 1.807) is 6.07 Å². The lowest BCUT2D eigenvalue weighted by Gasteiger charge is -2.45. The van der Waals surface area contributed by atoms with E-state index in [1.807, 2.05) is 6.07 Å². The van der Waals surface area contributed by atoms with Gasteiger partial charge in [0.25, 0.3) is 0 Å². The molecule has 0 N–H and O–H groups in total. The Morgan fingerprint density at radius 1 is 1.08 bits per heavy atom. The lowest BCUT2D eigenvalue weighted by molar-refractivity contribution is 0.0951. The minimum Gasteiger partial charge on any atom is -0.289 e. The van der Waals surface area contributed by atoms with Crippen LogP contribution in [0.15, 0.2) is 54.6 Å². The molecule has 124 valence electrons. The first-order valence-electron chi connectivity index (χ1n) is 8.66. The van der Waals surface area contributed by atoms with Gasteiger partial charge in [-0.1, -0.05) is 60.5 Å². The second-order valence-electron chi connectivity index (χ2n) is 6.83. The Balaban J connectivity index is 1.61. The highest BCUT2D eigenvalue weighted by atomic mass is 35.5. The Kier molecular flexibility index (Phi) is 4.43. The van der Waals surface area contributed by atoms with E-state index in [-0.39, 0.29) is 10.8 Å². The van der Waals surface area contributed by atoms with Gasteiger partial charge in [-0.05, 0) is 48.1 Å². The van der Waals surface area contributed by atoms with Crippen LogP contribution in [0.5, 0.6) is 0 Å². The van der Waals surface area contributed by atoms with Crippen molar-refractivity contribution in [2.24, 2.45) is 0 Å². The molecule has 0 radical (unpaired) electrons. The van der Waals surface area contributed by atoms with E-state index in [2.05, 4.69) is 41.3 Å². The number of halogens is 2. The van der Waals surface area contributed by atoms with Gasteiger partial charge in [-0.25, -0.2) is 4.39 Å². The molecule has 2 bridgehead atoms. The van der Waals surface area contributed by atoms with Crippen LogP contribution in [0.4, 0.5) is 4.39 Å². The standard InChI is InChI=1S/C21H21ClFN/c22-20-13-16(9-10-21(20)23)17-11-18-7-4-8-19(12-17)24(18)14-15-5-2-1-3-6-15/h1-3,5-6,9-11,13,18-19H,4,7-8,12,14H2. The molecule has 1 saturated heterocycles. The second-order valence-corrected chi connectivity index (χ2v) is 7.24. The monoisotopic (exact) mass is 341 g/mol. The van der Waals surface area contributed by atoms with E-state index in [9.17, 15) is 4.39 Å². The van der Waals surface area contributed by atoms with Crippen LogP contribution in [0, 0.1) is 5.82 Å². The fraction of sp³-hybridized carbons (Fsp3) is 0.333. The minimum atomic E-state index is -0.345. The summed E-state index contributed by atoms with van der Waals surface area (Å²) in [6.45, 7) is 1.00. The third-order valence-corrected chi connectivity index (χ3v) is 5.57. The fourth-order valence-electron chi connectivity index (χ4n) is 4.07. The maximum Gasteiger partial charge on any atom is 0.141 e. The smallest absolute Gasteiger partial charge is 0.141 e. The number of piperidine rings is 1. The van der Waals surface area contributed by atoms with Crippen LogP contribution in [0.2, 0.25) is 5.02 Å². The van der Waals surface area contributed by atoms with Gasteiger partial charge in [-0.15, -0.1) is 0 Å². The lowest BCUT2D eigenvalue weighted by atomic mass is 9.82. The van der Waals surface area contributed by atoms with Crippen molar-refractivity contribution in [1.82, 2.24) is 4.90 Å². The van der Waals surface area contributed by atoms with Crippen LogP contribution < -0.4 is 0 Å². The Morgan fingerprint density at radius 2 is 1.92 bits per heavy atom. The third-order valence-electron chi connectivity index (χ3n) is 5.28. The van der Waals surface area contributed by atoms with Crippen LogP contribution in [0.25, 0.3) is 5.57 Å². The molecule has 0 aromatic heterocycles.